The average molecular weight is 303 g/mol. The van der Waals surface area contributed by atoms with Crippen LogP contribution >= 0.6 is 11.8 Å². The molecule has 3 nitrogen and oxygen atoms in total. The number of methoxy groups -OCH3 is 1. The maximum atomic E-state index is 5.32. The van der Waals surface area contributed by atoms with Crippen molar-refractivity contribution in [1.29, 1.82) is 0 Å². The van der Waals surface area contributed by atoms with Crippen molar-refractivity contribution in [2.45, 2.75) is 0 Å². The van der Waals surface area contributed by atoms with Crippen LogP contribution in [0.2, 0.25) is 0 Å². The van der Waals surface area contributed by atoms with Gasteiger partial charge in [-0.3, -0.25) is 11.1 Å². The maximum absolute atomic E-state index is 5.32. The van der Waals surface area contributed by atoms with Crippen LogP contribution in [0.3, 0.4) is 0 Å². The normalized spacial score (nSPS) is 9.81. The van der Waals surface area contributed by atoms with Crippen molar-refractivity contribution in [2.24, 2.45) is 5.73 Å². The molecule has 0 aliphatic carbocycles. The van der Waals surface area contributed by atoms with Crippen LogP contribution in [0.15, 0.2) is 30.3 Å². The number of hydrogen-bond donors (Lipinski definition) is 2. The number of thioether (sulfide) groups is 1. The Kier molecular flexibility index (Phi) is 7.76. The second-order valence-corrected chi connectivity index (χ2v) is 3.98. The van der Waals surface area contributed by atoms with Crippen LogP contribution in [-0.4, -0.2) is 18.0 Å². The van der Waals surface area contributed by atoms with Gasteiger partial charge in [-0.05, 0) is 29.5 Å². The van der Waals surface area contributed by atoms with Gasteiger partial charge in [0.2, 0.25) is 0 Å². The number of ether oxygens (including phenoxy) is 1. The zero-order valence-electron chi connectivity index (χ0n) is 9.02. The first-order valence-electron chi connectivity index (χ1n) is 4.53. The number of rotatable bonds is 4. The lowest BCUT2D eigenvalue weighted by atomic mass is 10.2. The molecule has 0 unspecified atom stereocenters. The van der Waals surface area contributed by atoms with Gasteiger partial charge in [0.05, 0.1) is 7.11 Å². The minimum absolute atomic E-state index is 0. The third-order valence-electron chi connectivity index (χ3n) is 1.77. The summed E-state index contributed by atoms with van der Waals surface area (Å²) in [5.74, 6) is 1.65. The summed E-state index contributed by atoms with van der Waals surface area (Å²) in [4.78, 5) is 0. The molecule has 4 N–H and O–H groups in total. The minimum Gasteiger partial charge on any atom is -1.00 e. The van der Waals surface area contributed by atoms with Gasteiger partial charge >= 0.3 is 0 Å². The van der Waals surface area contributed by atoms with Gasteiger partial charge in [-0.15, -0.1) is 0 Å². The fourth-order valence-electron chi connectivity index (χ4n) is 1.04. The molecule has 16 heavy (non-hydrogen) atoms. The predicted octanol–water partition coefficient (Wildman–Crippen LogP) is -2.48. The molecule has 88 valence electrons. The number of amidine groups is 1. The van der Waals surface area contributed by atoms with E-state index in [1.54, 1.807) is 7.11 Å². The van der Waals surface area contributed by atoms with Crippen molar-refractivity contribution in [2.75, 3.05) is 12.9 Å². The first-order chi connectivity index (χ1) is 7.22. The molecule has 0 atom stereocenters. The van der Waals surface area contributed by atoms with Crippen molar-refractivity contribution >= 4 is 23.0 Å². The Balaban J connectivity index is 0.00000225. The number of nitrogens with two attached hydrogens (primary N) is 2. The van der Waals surface area contributed by atoms with E-state index in [1.807, 2.05) is 36.4 Å². The van der Waals surface area contributed by atoms with E-state index in [4.69, 9.17) is 15.9 Å². The van der Waals surface area contributed by atoms with Crippen molar-refractivity contribution in [3.05, 3.63) is 35.9 Å². The molecule has 1 rings (SSSR count). The molecule has 0 fully saturated rings. The van der Waals surface area contributed by atoms with Gasteiger partial charge in [0.15, 0.2) is 0 Å². The highest BCUT2D eigenvalue weighted by Gasteiger charge is 1.92. The van der Waals surface area contributed by atoms with E-state index in [1.165, 1.54) is 11.8 Å². The van der Waals surface area contributed by atoms with Gasteiger partial charge in [-0.25, -0.2) is 0 Å². The summed E-state index contributed by atoms with van der Waals surface area (Å²) in [5.41, 5.74) is 6.45. The number of halogens is 1. The molecule has 0 radical (unpaired) electrons. The summed E-state index contributed by atoms with van der Waals surface area (Å²) in [7, 11) is 1.65. The van der Waals surface area contributed by atoms with E-state index < -0.39 is 0 Å². The van der Waals surface area contributed by atoms with Gasteiger partial charge in [0.25, 0.3) is 5.17 Å². The van der Waals surface area contributed by atoms with E-state index in [0.29, 0.717) is 5.17 Å². The van der Waals surface area contributed by atoms with E-state index >= 15 is 0 Å². The second kappa shape index (κ2) is 8.24. The zero-order valence-corrected chi connectivity index (χ0v) is 11.4. The first-order valence-corrected chi connectivity index (χ1v) is 5.52. The molecular weight excluding hydrogens is 288 g/mol. The highest BCUT2D eigenvalue weighted by Crippen LogP contribution is 2.12. The topological polar surface area (TPSA) is 60.8 Å². The molecule has 0 aliphatic heterocycles. The average Bonchev–Trinajstić information content (AvgIpc) is 2.25. The van der Waals surface area contributed by atoms with E-state index in [-0.39, 0.29) is 17.0 Å². The molecule has 0 bridgehead atoms. The smallest absolute Gasteiger partial charge is 0.300 e. The molecule has 0 heterocycles. The highest BCUT2D eigenvalue weighted by atomic mass is 79.9. The standard InChI is InChI=1S/C11H14N2OS.BrH/c1-14-10-6-4-9(5-7-10)3-2-8-15-11(12)13;/h2-7H,8H2,1H3,(H3,12,13);1H. The summed E-state index contributed by atoms with van der Waals surface area (Å²) >= 11 is 1.42. The number of benzene rings is 1. The van der Waals surface area contributed by atoms with E-state index in [2.05, 4.69) is 0 Å². The largest absolute Gasteiger partial charge is 1.00 e. The Labute approximate surface area is 110 Å². The Morgan fingerprint density at radius 3 is 2.56 bits per heavy atom. The fraction of sp³-hybridized carbons (Fsp3) is 0.182. The predicted molar refractivity (Wildman–Crippen MR) is 65.6 cm³/mol. The van der Waals surface area contributed by atoms with Crippen molar-refractivity contribution in [3.63, 3.8) is 0 Å². The molecule has 0 saturated carbocycles. The molecule has 0 amide bonds. The molecule has 0 aliphatic rings. The van der Waals surface area contributed by atoms with Gasteiger partial charge in [-0.1, -0.05) is 24.3 Å². The monoisotopic (exact) mass is 302 g/mol. The Morgan fingerprint density at radius 1 is 1.44 bits per heavy atom. The van der Waals surface area contributed by atoms with E-state index in [9.17, 15) is 0 Å². The van der Waals surface area contributed by atoms with Gasteiger partial charge in [0, 0.05) is 5.75 Å². The summed E-state index contributed by atoms with van der Waals surface area (Å²) in [5, 5.41) is 5.71. The maximum Gasteiger partial charge on any atom is 0.300 e. The van der Waals surface area contributed by atoms with Crippen LogP contribution < -0.4 is 32.9 Å². The van der Waals surface area contributed by atoms with Crippen LogP contribution in [0.5, 0.6) is 5.75 Å². The molecule has 1 aromatic rings. The minimum atomic E-state index is 0. The molecule has 1 aromatic carbocycles. The van der Waals surface area contributed by atoms with Gasteiger partial charge in [-0.2, -0.15) is 0 Å². The summed E-state index contributed by atoms with van der Waals surface area (Å²) in [6.45, 7) is 0. The van der Waals surface area contributed by atoms with Crippen molar-refractivity contribution < 1.29 is 27.1 Å². The highest BCUT2D eigenvalue weighted by molar-refractivity contribution is 8.13. The Hall–Kier alpha value is -0.940. The molecular formula is C11H15BrN2OS. The quantitative estimate of drug-likeness (QED) is 0.478. The third kappa shape index (κ3) is 5.82. The van der Waals surface area contributed by atoms with E-state index in [0.717, 1.165) is 17.1 Å². The molecule has 0 aromatic heterocycles. The summed E-state index contributed by atoms with van der Waals surface area (Å²) < 4.78 is 5.06. The lowest BCUT2D eigenvalue weighted by Crippen LogP contribution is -3.00. The van der Waals surface area contributed by atoms with Crippen LogP contribution in [0, 0.1) is 0 Å². The van der Waals surface area contributed by atoms with Crippen LogP contribution in [0.4, 0.5) is 0 Å². The number of hydrogen-bond acceptors (Lipinski definition) is 2. The van der Waals surface area contributed by atoms with Crippen LogP contribution in [0.25, 0.3) is 6.08 Å². The second-order valence-electron chi connectivity index (χ2n) is 2.89. The van der Waals surface area contributed by atoms with Gasteiger partial charge in [0.1, 0.15) is 5.75 Å². The lowest BCUT2D eigenvalue weighted by Gasteiger charge is -1.98. The SMILES string of the molecule is COc1ccc(C=CCSC(N)=[NH2+])cc1.[Br-]. The van der Waals surface area contributed by atoms with Crippen molar-refractivity contribution in [3.8, 4) is 5.75 Å². The first kappa shape index (κ1) is 15.1. The fourth-order valence-corrected chi connectivity index (χ4v) is 1.43. The molecule has 5 heteroatoms. The lowest BCUT2D eigenvalue weighted by molar-refractivity contribution is -0.110. The Morgan fingerprint density at radius 2 is 2.06 bits per heavy atom. The zero-order chi connectivity index (χ0) is 11.1. The van der Waals surface area contributed by atoms with Crippen LogP contribution in [0.1, 0.15) is 5.56 Å². The summed E-state index contributed by atoms with van der Waals surface area (Å²) in [6, 6.07) is 7.84. The van der Waals surface area contributed by atoms with Crippen LogP contribution in [-0.2, 0) is 0 Å². The molecule has 0 spiro atoms. The molecule has 0 saturated heterocycles. The third-order valence-corrected chi connectivity index (χ3v) is 2.46. The Bertz CT molecular complexity index is 352. The van der Waals surface area contributed by atoms with Crippen molar-refractivity contribution in [1.82, 2.24) is 0 Å². The summed E-state index contributed by atoms with van der Waals surface area (Å²) in [6.07, 6.45) is 4.04. The van der Waals surface area contributed by atoms with Gasteiger partial charge < -0.3 is 21.7 Å².